The number of methoxy groups -OCH3 is 1. The molecule has 0 fully saturated rings. The lowest BCUT2D eigenvalue weighted by Gasteiger charge is -2.19. The number of carbonyl (C=O) groups is 1. The summed E-state index contributed by atoms with van der Waals surface area (Å²) in [4.78, 5) is 17.0. The SMILES string of the molecule is CCN(CC)CCOc1cc(NC(=O)c2ccc(N(C)CC)cc2)ccc1OC. The quantitative estimate of drug-likeness (QED) is 0.616. The minimum atomic E-state index is -0.157. The number of hydrogen-bond donors (Lipinski definition) is 1. The molecule has 0 atom stereocenters. The van der Waals surface area contributed by atoms with Crippen LogP contribution >= 0.6 is 0 Å². The van der Waals surface area contributed by atoms with Crippen molar-refractivity contribution in [2.24, 2.45) is 0 Å². The van der Waals surface area contributed by atoms with Crippen LogP contribution in [-0.4, -0.2) is 57.8 Å². The Hall–Kier alpha value is -2.73. The third kappa shape index (κ3) is 6.39. The molecule has 2 rings (SSSR count). The molecule has 0 aromatic heterocycles. The van der Waals surface area contributed by atoms with Gasteiger partial charge in [-0.25, -0.2) is 0 Å². The van der Waals surface area contributed by atoms with E-state index in [-0.39, 0.29) is 5.91 Å². The number of likely N-dealkylation sites (N-methyl/N-ethyl adjacent to an activating group) is 1. The van der Waals surface area contributed by atoms with Gasteiger partial charge in [0.1, 0.15) is 6.61 Å². The molecule has 0 spiro atoms. The van der Waals surface area contributed by atoms with Crippen molar-refractivity contribution in [1.82, 2.24) is 4.90 Å². The normalized spacial score (nSPS) is 10.7. The Morgan fingerprint density at radius 3 is 2.24 bits per heavy atom. The molecule has 0 bridgehead atoms. The Morgan fingerprint density at radius 2 is 1.66 bits per heavy atom. The molecule has 0 aliphatic heterocycles. The molecule has 0 radical (unpaired) electrons. The topological polar surface area (TPSA) is 54.0 Å². The number of anilines is 2. The molecule has 0 saturated heterocycles. The van der Waals surface area contributed by atoms with E-state index in [1.54, 1.807) is 13.2 Å². The largest absolute Gasteiger partial charge is 0.493 e. The molecule has 1 amide bonds. The summed E-state index contributed by atoms with van der Waals surface area (Å²) in [5.74, 6) is 1.11. The Kier molecular flexibility index (Phi) is 8.80. The van der Waals surface area contributed by atoms with E-state index < -0.39 is 0 Å². The van der Waals surface area contributed by atoms with Crippen molar-refractivity contribution in [3.63, 3.8) is 0 Å². The average Bonchev–Trinajstić information content (AvgIpc) is 2.76. The van der Waals surface area contributed by atoms with E-state index in [1.807, 2.05) is 43.4 Å². The van der Waals surface area contributed by atoms with Crippen LogP contribution in [0, 0.1) is 0 Å². The molecule has 6 nitrogen and oxygen atoms in total. The van der Waals surface area contributed by atoms with Crippen molar-refractivity contribution >= 4 is 17.3 Å². The van der Waals surface area contributed by atoms with Crippen LogP contribution in [0.2, 0.25) is 0 Å². The summed E-state index contributed by atoms with van der Waals surface area (Å²) < 4.78 is 11.3. The van der Waals surface area contributed by atoms with Crippen molar-refractivity contribution in [3.05, 3.63) is 48.0 Å². The zero-order valence-corrected chi connectivity index (χ0v) is 18.2. The molecule has 0 aliphatic rings. The highest BCUT2D eigenvalue weighted by atomic mass is 16.5. The van der Waals surface area contributed by atoms with Gasteiger partial charge in [-0.2, -0.15) is 0 Å². The Labute approximate surface area is 174 Å². The fourth-order valence-corrected chi connectivity index (χ4v) is 2.94. The van der Waals surface area contributed by atoms with Gasteiger partial charge in [0.2, 0.25) is 0 Å². The number of nitrogens with zero attached hydrogens (tertiary/aromatic N) is 2. The molecule has 2 aromatic carbocycles. The van der Waals surface area contributed by atoms with E-state index in [0.717, 1.165) is 31.9 Å². The van der Waals surface area contributed by atoms with Gasteiger partial charge >= 0.3 is 0 Å². The van der Waals surface area contributed by atoms with Gasteiger partial charge in [0, 0.05) is 43.1 Å². The first-order valence-corrected chi connectivity index (χ1v) is 10.2. The van der Waals surface area contributed by atoms with Gasteiger partial charge in [-0.3, -0.25) is 4.79 Å². The number of benzene rings is 2. The first-order chi connectivity index (χ1) is 14.0. The number of rotatable bonds is 11. The highest BCUT2D eigenvalue weighted by Gasteiger charge is 2.11. The minimum Gasteiger partial charge on any atom is -0.493 e. The second-order valence-electron chi connectivity index (χ2n) is 6.76. The standard InChI is InChI=1S/C23H33N3O3/c1-6-25(4)20-12-9-18(10-13-20)23(27)24-19-11-14-21(28-5)22(17-19)29-16-15-26(7-2)8-3/h9-14,17H,6-8,15-16H2,1-5H3,(H,24,27). The second-order valence-corrected chi connectivity index (χ2v) is 6.76. The molecular formula is C23H33N3O3. The second kappa shape index (κ2) is 11.3. The summed E-state index contributed by atoms with van der Waals surface area (Å²) in [5, 5.41) is 2.94. The van der Waals surface area contributed by atoms with Crippen LogP contribution in [0.3, 0.4) is 0 Å². The van der Waals surface area contributed by atoms with Crippen LogP contribution in [0.25, 0.3) is 0 Å². The van der Waals surface area contributed by atoms with Crippen LogP contribution in [-0.2, 0) is 0 Å². The lowest BCUT2D eigenvalue weighted by atomic mass is 10.1. The fourth-order valence-electron chi connectivity index (χ4n) is 2.94. The number of amides is 1. The minimum absolute atomic E-state index is 0.157. The van der Waals surface area contributed by atoms with Crippen LogP contribution in [0.4, 0.5) is 11.4 Å². The van der Waals surface area contributed by atoms with Gasteiger partial charge in [-0.15, -0.1) is 0 Å². The van der Waals surface area contributed by atoms with Crippen LogP contribution in [0.15, 0.2) is 42.5 Å². The Morgan fingerprint density at radius 1 is 0.966 bits per heavy atom. The van der Waals surface area contributed by atoms with E-state index in [1.165, 1.54) is 0 Å². The maximum Gasteiger partial charge on any atom is 0.255 e. The molecule has 158 valence electrons. The summed E-state index contributed by atoms with van der Waals surface area (Å²) in [6, 6.07) is 13.0. The molecule has 6 heteroatoms. The summed E-state index contributed by atoms with van der Waals surface area (Å²) in [6.45, 7) is 10.6. The molecule has 1 N–H and O–H groups in total. The molecule has 0 unspecified atom stereocenters. The Balaban J connectivity index is 2.05. The number of ether oxygens (including phenoxy) is 2. The van der Waals surface area contributed by atoms with E-state index in [9.17, 15) is 4.79 Å². The molecule has 29 heavy (non-hydrogen) atoms. The van der Waals surface area contributed by atoms with Gasteiger partial charge in [0.25, 0.3) is 5.91 Å². The van der Waals surface area contributed by atoms with Crippen molar-refractivity contribution in [1.29, 1.82) is 0 Å². The lowest BCUT2D eigenvalue weighted by Crippen LogP contribution is -2.28. The first-order valence-electron chi connectivity index (χ1n) is 10.2. The molecule has 2 aromatic rings. The monoisotopic (exact) mass is 399 g/mol. The van der Waals surface area contributed by atoms with Crippen LogP contribution in [0.1, 0.15) is 31.1 Å². The third-order valence-electron chi connectivity index (χ3n) is 5.03. The van der Waals surface area contributed by atoms with Gasteiger partial charge in [-0.05, 0) is 56.4 Å². The van der Waals surface area contributed by atoms with Gasteiger partial charge in [0.05, 0.1) is 7.11 Å². The molecular weight excluding hydrogens is 366 g/mol. The Bertz CT molecular complexity index is 773. The van der Waals surface area contributed by atoms with Gasteiger partial charge in [0.15, 0.2) is 11.5 Å². The molecule has 0 saturated carbocycles. The van der Waals surface area contributed by atoms with Crippen LogP contribution in [0.5, 0.6) is 11.5 Å². The number of nitrogens with one attached hydrogen (secondary N) is 1. The zero-order chi connectivity index (χ0) is 21.2. The average molecular weight is 400 g/mol. The first kappa shape index (κ1) is 22.6. The molecule has 0 aliphatic carbocycles. The predicted octanol–water partition coefficient (Wildman–Crippen LogP) is 4.12. The lowest BCUT2D eigenvalue weighted by molar-refractivity contribution is 0.102. The summed E-state index contributed by atoms with van der Waals surface area (Å²) in [5.41, 5.74) is 2.36. The third-order valence-corrected chi connectivity index (χ3v) is 5.03. The van der Waals surface area contributed by atoms with E-state index in [4.69, 9.17) is 9.47 Å². The van der Waals surface area contributed by atoms with E-state index in [0.29, 0.717) is 29.4 Å². The van der Waals surface area contributed by atoms with E-state index in [2.05, 4.69) is 35.9 Å². The number of hydrogen-bond acceptors (Lipinski definition) is 5. The number of carbonyl (C=O) groups excluding carboxylic acids is 1. The molecule has 0 heterocycles. The summed E-state index contributed by atoms with van der Waals surface area (Å²) >= 11 is 0. The summed E-state index contributed by atoms with van der Waals surface area (Å²) in [7, 11) is 3.63. The predicted molar refractivity (Wildman–Crippen MR) is 120 cm³/mol. The highest BCUT2D eigenvalue weighted by molar-refractivity contribution is 6.04. The van der Waals surface area contributed by atoms with Crippen molar-refractivity contribution in [2.45, 2.75) is 20.8 Å². The van der Waals surface area contributed by atoms with Crippen molar-refractivity contribution in [3.8, 4) is 11.5 Å². The maximum absolute atomic E-state index is 12.6. The summed E-state index contributed by atoms with van der Waals surface area (Å²) in [6.07, 6.45) is 0. The van der Waals surface area contributed by atoms with Crippen molar-refractivity contribution < 1.29 is 14.3 Å². The van der Waals surface area contributed by atoms with Gasteiger partial charge < -0.3 is 24.6 Å². The maximum atomic E-state index is 12.6. The van der Waals surface area contributed by atoms with Crippen LogP contribution < -0.4 is 19.7 Å². The van der Waals surface area contributed by atoms with Crippen molar-refractivity contribution in [2.75, 3.05) is 57.2 Å². The van der Waals surface area contributed by atoms with Gasteiger partial charge in [-0.1, -0.05) is 13.8 Å². The highest BCUT2D eigenvalue weighted by Crippen LogP contribution is 2.30. The smallest absolute Gasteiger partial charge is 0.255 e. The zero-order valence-electron chi connectivity index (χ0n) is 18.2. The van der Waals surface area contributed by atoms with E-state index >= 15 is 0 Å². The fraction of sp³-hybridized carbons (Fsp3) is 0.435.